The van der Waals surface area contributed by atoms with Crippen molar-refractivity contribution in [2.75, 3.05) is 33.2 Å². The number of hydrogen-bond acceptors (Lipinski definition) is 3. The number of benzene rings is 1. The third-order valence-corrected chi connectivity index (χ3v) is 4.07. The molecule has 0 bridgehead atoms. The summed E-state index contributed by atoms with van der Waals surface area (Å²) < 4.78 is 0. The number of likely N-dealkylation sites (N-methyl/N-ethyl adjacent to an activating group) is 1. The number of carbonyl (C=O) groups excluding carboxylic acids is 1. The summed E-state index contributed by atoms with van der Waals surface area (Å²) in [7, 11) is 2.11. The molecule has 20 heavy (non-hydrogen) atoms. The van der Waals surface area contributed by atoms with Crippen LogP contribution in [0.3, 0.4) is 0 Å². The first kappa shape index (κ1) is 15.0. The second-order valence-electron chi connectivity index (χ2n) is 5.70. The summed E-state index contributed by atoms with van der Waals surface area (Å²) in [4.78, 5) is 17.1. The molecule has 1 amide bonds. The standard InChI is InChI=1S/C16H25N3O/c1-13-12-18(2)9-6-10-19(13)16(20)15(11-17)14-7-4-3-5-8-14/h3-5,7-8,13,15H,6,9-12,17H2,1-2H3. The van der Waals surface area contributed by atoms with Crippen LogP contribution in [0.5, 0.6) is 0 Å². The van der Waals surface area contributed by atoms with Gasteiger partial charge in [0.25, 0.3) is 0 Å². The lowest BCUT2D eigenvalue weighted by atomic mass is 9.97. The summed E-state index contributed by atoms with van der Waals surface area (Å²) in [6.45, 7) is 5.29. The van der Waals surface area contributed by atoms with E-state index in [0.29, 0.717) is 6.54 Å². The maximum atomic E-state index is 12.8. The molecule has 1 aromatic carbocycles. The Kier molecular flexibility index (Phi) is 5.15. The van der Waals surface area contributed by atoms with Crippen molar-refractivity contribution in [3.8, 4) is 0 Å². The van der Waals surface area contributed by atoms with Gasteiger partial charge < -0.3 is 15.5 Å². The Hall–Kier alpha value is -1.39. The van der Waals surface area contributed by atoms with Crippen molar-refractivity contribution < 1.29 is 4.79 Å². The zero-order valence-corrected chi connectivity index (χ0v) is 12.5. The summed E-state index contributed by atoms with van der Waals surface area (Å²) in [6, 6.07) is 10.1. The summed E-state index contributed by atoms with van der Waals surface area (Å²) in [5.74, 6) is -0.0523. The minimum atomic E-state index is -0.220. The summed E-state index contributed by atoms with van der Waals surface area (Å²) in [5, 5.41) is 0. The summed E-state index contributed by atoms with van der Waals surface area (Å²) in [5.41, 5.74) is 6.88. The largest absolute Gasteiger partial charge is 0.338 e. The SMILES string of the molecule is CC1CN(C)CCCN1C(=O)C(CN)c1ccccc1. The molecule has 2 unspecified atom stereocenters. The van der Waals surface area contributed by atoms with Crippen molar-refractivity contribution >= 4 is 5.91 Å². The molecule has 2 rings (SSSR count). The van der Waals surface area contributed by atoms with E-state index >= 15 is 0 Å². The Morgan fingerprint density at radius 1 is 1.35 bits per heavy atom. The maximum absolute atomic E-state index is 12.8. The van der Waals surface area contributed by atoms with Crippen LogP contribution >= 0.6 is 0 Å². The van der Waals surface area contributed by atoms with Crippen LogP contribution in [-0.2, 0) is 4.79 Å². The van der Waals surface area contributed by atoms with Crippen LogP contribution in [-0.4, -0.2) is 55.0 Å². The van der Waals surface area contributed by atoms with Crippen molar-refractivity contribution in [1.82, 2.24) is 9.80 Å². The minimum absolute atomic E-state index is 0.168. The molecule has 0 spiro atoms. The lowest BCUT2D eigenvalue weighted by Gasteiger charge is -2.31. The smallest absolute Gasteiger partial charge is 0.231 e. The zero-order valence-electron chi connectivity index (χ0n) is 12.5. The molecule has 110 valence electrons. The fourth-order valence-corrected chi connectivity index (χ4v) is 2.96. The van der Waals surface area contributed by atoms with Crippen molar-refractivity contribution in [2.45, 2.75) is 25.3 Å². The Labute approximate surface area is 121 Å². The molecule has 0 saturated carbocycles. The molecular formula is C16H25N3O. The van der Waals surface area contributed by atoms with Gasteiger partial charge in [0.15, 0.2) is 0 Å². The van der Waals surface area contributed by atoms with Crippen LogP contribution in [0.4, 0.5) is 0 Å². The number of amides is 1. The van der Waals surface area contributed by atoms with Gasteiger partial charge in [0.1, 0.15) is 0 Å². The van der Waals surface area contributed by atoms with Crippen LogP contribution < -0.4 is 5.73 Å². The van der Waals surface area contributed by atoms with E-state index in [0.717, 1.165) is 31.6 Å². The first-order valence-corrected chi connectivity index (χ1v) is 7.37. The van der Waals surface area contributed by atoms with Gasteiger partial charge in [-0.05, 0) is 32.5 Å². The lowest BCUT2D eigenvalue weighted by Crippen LogP contribution is -2.45. The lowest BCUT2D eigenvalue weighted by molar-refractivity contribution is -0.134. The summed E-state index contributed by atoms with van der Waals surface area (Å²) in [6.07, 6.45) is 1.03. The van der Waals surface area contributed by atoms with Gasteiger partial charge >= 0.3 is 0 Å². The normalized spacial score (nSPS) is 22.4. The molecule has 1 aromatic rings. The molecule has 1 aliphatic heterocycles. The van der Waals surface area contributed by atoms with Gasteiger partial charge in [0.2, 0.25) is 5.91 Å². The third-order valence-electron chi connectivity index (χ3n) is 4.07. The molecule has 0 aromatic heterocycles. The predicted octanol–water partition coefficient (Wildman–Crippen LogP) is 1.28. The van der Waals surface area contributed by atoms with Gasteiger partial charge in [-0.1, -0.05) is 30.3 Å². The van der Waals surface area contributed by atoms with Gasteiger partial charge in [-0.15, -0.1) is 0 Å². The summed E-state index contributed by atoms with van der Waals surface area (Å²) >= 11 is 0. The molecule has 4 nitrogen and oxygen atoms in total. The quantitative estimate of drug-likeness (QED) is 0.904. The molecule has 1 heterocycles. The number of nitrogens with two attached hydrogens (primary N) is 1. The van der Waals surface area contributed by atoms with Crippen LogP contribution in [0.15, 0.2) is 30.3 Å². The second-order valence-corrected chi connectivity index (χ2v) is 5.70. The second kappa shape index (κ2) is 6.86. The van der Waals surface area contributed by atoms with Crippen molar-refractivity contribution in [1.29, 1.82) is 0 Å². The van der Waals surface area contributed by atoms with Crippen molar-refractivity contribution in [2.24, 2.45) is 5.73 Å². The number of hydrogen-bond donors (Lipinski definition) is 1. The van der Waals surface area contributed by atoms with Gasteiger partial charge in [0, 0.05) is 25.7 Å². The molecular weight excluding hydrogens is 250 g/mol. The van der Waals surface area contributed by atoms with Crippen LogP contribution in [0.2, 0.25) is 0 Å². The van der Waals surface area contributed by atoms with E-state index in [-0.39, 0.29) is 17.9 Å². The fraction of sp³-hybridized carbons (Fsp3) is 0.562. The number of nitrogens with zero attached hydrogens (tertiary/aromatic N) is 2. The Morgan fingerprint density at radius 2 is 2.05 bits per heavy atom. The van der Waals surface area contributed by atoms with Crippen LogP contribution in [0.1, 0.15) is 24.8 Å². The van der Waals surface area contributed by atoms with E-state index in [2.05, 4.69) is 18.9 Å². The molecule has 4 heteroatoms. The van der Waals surface area contributed by atoms with E-state index in [9.17, 15) is 4.79 Å². The Bertz CT molecular complexity index is 435. The highest BCUT2D eigenvalue weighted by Crippen LogP contribution is 2.20. The number of carbonyl (C=O) groups is 1. The molecule has 2 atom stereocenters. The molecule has 2 N–H and O–H groups in total. The van der Waals surface area contributed by atoms with E-state index in [1.54, 1.807) is 0 Å². The molecule has 1 saturated heterocycles. The molecule has 1 fully saturated rings. The van der Waals surface area contributed by atoms with Crippen LogP contribution in [0.25, 0.3) is 0 Å². The highest BCUT2D eigenvalue weighted by Gasteiger charge is 2.29. The first-order chi connectivity index (χ1) is 9.63. The average Bonchev–Trinajstić information content (AvgIpc) is 2.61. The highest BCUT2D eigenvalue weighted by atomic mass is 16.2. The van der Waals surface area contributed by atoms with Crippen LogP contribution in [0, 0.1) is 0 Å². The Morgan fingerprint density at radius 3 is 2.70 bits per heavy atom. The fourth-order valence-electron chi connectivity index (χ4n) is 2.96. The van der Waals surface area contributed by atoms with Gasteiger partial charge in [-0.2, -0.15) is 0 Å². The highest BCUT2D eigenvalue weighted by molar-refractivity contribution is 5.84. The van der Waals surface area contributed by atoms with E-state index in [1.165, 1.54) is 0 Å². The van der Waals surface area contributed by atoms with E-state index < -0.39 is 0 Å². The average molecular weight is 275 g/mol. The van der Waals surface area contributed by atoms with E-state index in [4.69, 9.17) is 5.73 Å². The predicted molar refractivity (Wildman–Crippen MR) is 81.5 cm³/mol. The van der Waals surface area contributed by atoms with Gasteiger partial charge in [-0.25, -0.2) is 0 Å². The minimum Gasteiger partial charge on any atom is -0.338 e. The van der Waals surface area contributed by atoms with Crippen molar-refractivity contribution in [3.63, 3.8) is 0 Å². The molecule has 1 aliphatic rings. The monoisotopic (exact) mass is 275 g/mol. The Balaban J connectivity index is 2.15. The maximum Gasteiger partial charge on any atom is 0.231 e. The topological polar surface area (TPSA) is 49.6 Å². The van der Waals surface area contributed by atoms with Gasteiger partial charge in [-0.3, -0.25) is 4.79 Å². The van der Waals surface area contributed by atoms with Gasteiger partial charge in [0.05, 0.1) is 5.92 Å². The van der Waals surface area contributed by atoms with E-state index in [1.807, 2.05) is 35.2 Å². The molecule has 0 aliphatic carbocycles. The first-order valence-electron chi connectivity index (χ1n) is 7.37. The number of rotatable bonds is 3. The third kappa shape index (κ3) is 3.38. The zero-order chi connectivity index (χ0) is 14.5. The molecule has 0 radical (unpaired) electrons. The van der Waals surface area contributed by atoms with Crippen molar-refractivity contribution in [3.05, 3.63) is 35.9 Å².